The Bertz CT molecular complexity index is 504. The molecule has 0 atom stereocenters. The number of benzene rings is 1. The average molecular weight is 270 g/mol. The van der Waals surface area contributed by atoms with Crippen molar-refractivity contribution in [3.05, 3.63) is 61.2 Å². The first kappa shape index (κ1) is 19.2. The minimum absolute atomic E-state index is 0.0316. The van der Waals surface area contributed by atoms with Gasteiger partial charge in [-0.2, -0.15) is 10.5 Å². The van der Waals surface area contributed by atoms with E-state index in [1.165, 1.54) is 12.2 Å². The number of allylic oxidation sites excluding steroid dienone is 2. The molecule has 5 nitrogen and oxygen atoms in total. The standard InChI is InChI=1S/C9H8O3.2C3H3N/c10-8(9(11)12)6-7-4-2-1-3-5-7;2*1-2-3-4/h1-5H,6H2,(H,11,12);2*2H,1H2. The molecule has 0 aliphatic rings. The van der Waals surface area contributed by atoms with E-state index in [0.717, 1.165) is 5.56 Å². The predicted octanol–water partition coefficient (Wildman–Crippen LogP) is 2.27. The van der Waals surface area contributed by atoms with Crippen molar-refractivity contribution in [2.24, 2.45) is 0 Å². The summed E-state index contributed by atoms with van der Waals surface area (Å²) in [6, 6.07) is 12.2. The van der Waals surface area contributed by atoms with Gasteiger partial charge in [0.1, 0.15) is 0 Å². The summed E-state index contributed by atoms with van der Waals surface area (Å²) in [6.07, 6.45) is 2.33. The van der Waals surface area contributed by atoms with Crippen LogP contribution < -0.4 is 0 Å². The van der Waals surface area contributed by atoms with Crippen molar-refractivity contribution in [3.63, 3.8) is 0 Å². The molecule has 0 amide bonds. The van der Waals surface area contributed by atoms with E-state index in [9.17, 15) is 9.59 Å². The van der Waals surface area contributed by atoms with E-state index < -0.39 is 11.8 Å². The van der Waals surface area contributed by atoms with E-state index >= 15 is 0 Å². The molecule has 20 heavy (non-hydrogen) atoms. The third kappa shape index (κ3) is 12.9. The van der Waals surface area contributed by atoms with Crippen LogP contribution in [0.3, 0.4) is 0 Å². The number of nitrogens with zero attached hydrogens (tertiary/aromatic N) is 2. The second-order valence-electron chi connectivity index (χ2n) is 3.06. The zero-order valence-electron chi connectivity index (χ0n) is 10.8. The number of carbonyl (C=O) groups excluding carboxylic acids is 1. The highest BCUT2D eigenvalue weighted by Crippen LogP contribution is 1.99. The number of Topliss-reactive ketones (excluding diaryl/α,β-unsaturated/α-hetero) is 1. The monoisotopic (exact) mass is 270 g/mol. The number of carboxylic acid groups (broad SMARTS) is 1. The second-order valence-corrected chi connectivity index (χ2v) is 3.06. The van der Waals surface area contributed by atoms with Crippen molar-refractivity contribution in [3.8, 4) is 12.1 Å². The molecule has 0 spiro atoms. The van der Waals surface area contributed by atoms with Crippen molar-refractivity contribution < 1.29 is 14.7 Å². The van der Waals surface area contributed by atoms with Gasteiger partial charge >= 0.3 is 5.97 Å². The molecule has 1 aromatic carbocycles. The van der Waals surface area contributed by atoms with Gasteiger partial charge < -0.3 is 5.11 Å². The van der Waals surface area contributed by atoms with Gasteiger partial charge in [0.05, 0.1) is 12.1 Å². The van der Waals surface area contributed by atoms with Crippen molar-refractivity contribution in [2.75, 3.05) is 0 Å². The van der Waals surface area contributed by atoms with Crippen molar-refractivity contribution in [1.29, 1.82) is 10.5 Å². The van der Waals surface area contributed by atoms with Crippen molar-refractivity contribution >= 4 is 11.8 Å². The number of carbonyl (C=O) groups is 2. The Balaban J connectivity index is 0. The molecule has 0 aromatic heterocycles. The number of hydrogen-bond donors (Lipinski definition) is 1. The van der Waals surface area contributed by atoms with Gasteiger partial charge in [0, 0.05) is 18.6 Å². The molecule has 0 fully saturated rings. The molecule has 0 saturated heterocycles. The molecule has 1 rings (SSSR count). The quantitative estimate of drug-likeness (QED) is 0.670. The zero-order valence-corrected chi connectivity index (χ0v) is 10.8. The lowest BCUT2D eigenvalue weighted by molar-refractivity contribution is -0.148. The van der Waals surface area contributed by atoms with Crippen LogP contribution in [-0.2, 0) is 16.0 Å². The minimum Gasteiger partial charge on any atom is -0.475 e. The highest BCUT2D eigenvalue weighted by molar-refractivity contribution is 6.33. The zero-order chi connectivity index (χ0) is 15.8. The van der Waals surface area contributed by atoms with E-state index in [0.29, 0.717) is 0 Å². The van der Waals surface area contributed by atoms with Crippen LogP contribution in [0.5, 0.6) is 0 Å². The highest BCUT2D eigenvalue weighted by atomic mass is 16.4. The predicted molar refractivity (Wildman–Crippen MR) is 74.4 cm³/mol. The number of nitriles is 2. The number of rotatable bonds is 3. The molecule has 0 bridgehead atoms. The highest BCUT2D eigenvalue weighted by Gasteiger charge is 2.10. The molecule has 0 radical (unpaired) electrons. The molecular formula is C15H14N2O3. The molecule has 102 valence electrons. The van der Waals surface area contributed by atoms with E-state index in [2.05, 4.69) is 13.2 Å². The smallest absolute Gasteiger partial charge is 0.372 e. The van der Waals surface area contributed by atoms with E-state index in [4.69, 9.17) is 15.6 Å². The maximum atomic E-state index is 10.7. The Hall–Kier alpha value is -3.18. The van der Waals surface area contributed by atoms with Crippen molar-refractivity contribution in [2.45, 2.75) is 6.42 Å². The van der Waals surface area contributed by atoms with Crippen LogP contribution in [0.4, 0.5) is 0 Å². The first-order valence-electron chi connectivity index (χ1n) is 5.34. The van der Waals surface area contributed by atoms with Gasteiger partial charge in [-0.3, -0.25) is 4.79 Å². The van der Waals surface area contributed by atoms with Crippen LogP contribution in [0.1, 0.15) is 5.56 Å². The third-order valence-corrected chi connectivity index (χ3v) is 1.63. The van der Waals surface area contributed by atoms with Gasteiger partial charge in [0.15, 0.2) is 0 Å². The number of aliphatic carboxylic acids is 1. The lowest BCUT2D eigenvalue weighted by Crippen LogP contribution is -2.14. The van der Waals surface area contributed by atoms with Gasteiger partial charge in [-0.25, -0.2) is 4.79 Å². The SMILES string of the molecule is C=CC#N.C=CC#N.O=C(O)C(=O)Cc1ccccc1. The van der Waals surface area contributed by atoms with Crippen LogP contribution in [-0.4, -0.2) is 16.9 Å². The summed E-state index contributed by atoms with van der Waals surface area (Å²) in [7, 11) is 0. The van der Waals surface area contributed by atoms with Crippen LogP contribution in [0.15, 0.2) is 55.6 Å². The summed E-state index contributed by atoms with van der Waals surface area (Å²) >= 11 is 0. The third-order valence-electron chi connectivity index (χ3n) is 1.63. The fourth-order valence-electron chi connectivity index (χ4n) is 0.857. The van der Waals surface area contributed by atoms with E-state index in [1.807, 2.05) is 6.07 Å². The molecule has 0 aliphatic heterocycles. The summed E-state index contributed by atoms with van der Waals surface area (Å²) in [4.78, 5) is 20.9. The summed E-state index contributed by atoms with van der Waals surface area (Å²) < 4.78 is 0. The van der Waals surface area contributed by atoms with Crippen molar-refractivity contribution in [1.82, 2.24) is 0 Å². The molecular weight excluding hydrogens is 256 g/mol. The molecule has 1 N–H and O–H groups in total. The summed E-state index contributed by atoms with van der Waals surface area (Å²) in [5, 5.41) is 23.3. The molecule has 5 heteroatoms. The second kappa shape index (κ2) is 13.9. The normalized spacial score (nSPS) is 7.10. The minimum atomic E-state index is -1.38. The lowest BCUT2D eigenvalue weighted by atomic mass is 10.1. The Labute approximate surface area is 117 Å². The van der Waals surface area contributed by atoms with E-state index in [1.54, 1.807) is 36.4 Å². The number of carboxylic acids is 1. The molecule has 0 unspecified atom stereocenters. The maximum absolute atomic E-state index is 10.7. The number of ketones is 1. The molecule has 0 saturated carbocycles. The Morgan fingerprint density at radius 2 is 1.50 bits per heavy atom. The van der Waals surface area contributed by atoms with Crippen LogP contribution in [0, 0.1) is 22.7 Å². The summed E-state index contributed by atoms with van der Waals surface area (Å²) in [5.74, 6) is -2.15. The first-order valence-corrected chi connectivity index (χ1v) is 5.34. The summed E-state index contributed by atoms with van der Waals surface area (Å²) in [5.41, 5.74) is 0.727. The van der Waals surface area contributed by atoms with Gasteiger partial charge in [-0.1, -0.05) is 43.5 Å². The van der Waals surface area contributed by atoms with E-state index in [-0.39, 0.29) is 6.42 Å². The van der Waals surface area contributed by atoms with Gasteiger partial charge in [0.2, 0.25) is 5.78 Å². The largest absolute Gasteiger partial charge is 0.475 e. The topological polar surface area (TPSA) is 102 Å². The average Bonchev–Trinajstić information content (AvgIpc) is 2.48. The van der Waals surface area contributed by atoms with Gasteiger partial charge in [-0.05, 0) is 5.56 Å². The molecule has 0 heterocycles. The first-order chi connectivity index (χ1) is 9.53. The fraction of sp³-hybridized carbons (Fsp3) is 0.0667. The van der Waals surface area contributed by atoms with Gasteiger partial charge in [-0.15, -0.1) is 0 Å². The lowest BCUT2D eigenvalue weighted by Gasteiger charge is -1.94. The maximum Gasteiger partial charge on any atom is 0.372 e. The van der Waals surface area contributed by atoms with Crippen LogP contribution in [0.25, 0.3) is 0 Å². The summed E-state index contributed by atoms with van der Waals surface area (Å²) in [6.45, 7) is 6.24. The Morgan fingerprint density at radius 1 is 1.10 bits per heavy atom. The van der Waals surface area contributed by atoms with Gasteiger partial charge in [0.25, 0.3) is 0 Å². The Morgan fingerprint density at radius 3 is 1.80 bits per heavy atom. The van der Waals surface area contributed by atoms with Crippen LogP contribution >= 0.6 is 0 Å². The molecule has 1 aromatic rings. The Kier molecular flexibility index (Phi) is 13.3. The fourth-order valence-corrected chi connectivity index (χ4v) is 0.857. The molecule has 0 aliphatic carbocycles. The number of hydrogen-bond acceptors (Lipinski definition) is 4. The van der Waals surface area contributed by atoms with Crippen LogP contribution in [0.2, 0.25) is 0 Å².